The van der Waals surface area contributed by atoms with Crippen molar-refractivity contribution in [2.24, 2.45) is 0 Å². The summed E-state index contributed by atoms with van der Waals surface area (Å²) in [6, 6.07) is 9.86. The van der Waals surface area contributed by atoms with Gasteiger partial charge in [-0.3, -0.25) is 4.90 Å². The molecule has 1 aromatic carbocycles. The van der Waals surface area contributed by atoms with Gasteiger partial charge >= 0.3 is 6.03 Å². The van der Waals surface area contributed by atoms with Gasteiger partial charge < -0.3 is 14.2 Å². The molecular formula is C17H23N5O2. The molecule has 7 heteroatoms. The van der Waals surface area contributed by atoms with Gasteiger partial charge in [-0.1, -0.05) is 18.2 Å². The Kier molecular flexibility index (Phi) is 5.10. The van der Waals surface area contributed by atoms with Crippen molar-refractivity contribution in [3.8, 4) is 11.5 Å². The first-order chi connectivity index (χ1) is 11.6. The second-order valence-corrected chi connectivity index (χ2v) is 6.12. The fraction of sp³-hybridized carbons (Fsp3) is 0.471. The highest BCUT2D eigenvalue weighted by molar-refractivity contribution is 5.73. The van der Waals surface area contributed by atoms with Crippen LogP contribution < -0.4 is 0 Å². The molecule has 2 aromatic rings. The van der Waals surface area contributed by atoms with Crippen molar-refractivity contribution < 1.29 is 9.21 Å². The monoisotopic (exact) mass is 329 g/mol. The van der Waals surface area contributed by atoms with Crippen LogP contribution in [0.25, 0.3) is 11.5 Å². The molecule has 0 bridgehead atoms. The van der Waals surface area contributed by atoms with Crippen molar-refractivity contribution in [1.29, 1.82) is 0 Å². The van der Waals surface area contributed by atoms with E-state index >= 15 is 0 Å². The minimum absolute atomic E-state index is 0.0825. The maximum Gasteiger partial charge on any atom is 0.319 e. The summed E-state index contributed by atoms with van der Waals surface area (Å²) < 4.78 is 5.73. The van der Waals surface area contributed by atoms with Gasteiger partial charge in [0.2, 0.25) is 11.8 Å². The highest BCUT2D eigenvalue weighted by atomic mass is 16.4. The number of nitrogens with zero attached hydrogens (tertiary/aromatic N) is 5. The first-order valence-corrected chi connectivity index (χ1v) is 8.20. The van der Waals surface area contributed by atoms with Crippen LogP contribution in [-0.2, 0) is 6.42 Å². The SMILES string of the molecule is CN(C)C(=O)N1CCN(CCc2nnc(-c3ccccc3)o2)CC1. The molecule has 0 atom stereocenters. The van der Waals surface area contributed by atoms with E-state index in [0.29, 0.717) is 11.8 Å². The van der Waals surface area contributed by atoms with E-state index in [-0.39, 0.29) is 6.03 Å². The van der Waals surface area contributed by atoms with Gasteiger partial charge in [-0.2, -0.15) is 0 Å². The quantitative estimate of drug-likeness (QED) is 0.852. The first kappa shape index (κ1) is 16.4. The summed E-state index contributed by atoms with van der Waals surface area (Å²) in [5, 5.41) is 8.24. The van der Waals surface area contributed by atoms with Crippen LogP contribution in [0.3, 0.4) is 0 Å². The number of benzene rings is 1. The summed E-state index contributed by atoms with van der Waals surface area (Å²) in [6.07, 6.45) is 0.724. The lowest BCUT2D eigenvalue weighted by Gasteiger charge is -2.35. The van der Waals surface area contributed by atoms with Crippen LogP contribution in [0.2, 0.25) is 0 Å². The number of hydrogen-bond acceptors (Lipinski definition) is 5. The van der Waals surface area contributed by atoms with Crippen LogP contribution in [0.1, 0.15) is 5.89 Å². The molecule has 0 N–H and O–H groups in total. The number of amides is 2. The van der Waals surface area contributed by atoms with Crippen molar-refractivity contribution in [1.82, 2.24) is 24.9 Å². The number of carbonyl (C=O) groups is 1. The number of urea groups is 1. The van der Waals surface area contributed by atoms with Crippen molar-refractivity contribution in [2.75, 3.05) is 46.8 Å². The minimum Gasteiger partial charge on any atom is -0.421 e. The molecular weight excluding hydrogens is 306 g/mol. The summed E-state index contributed by atoms with van der Waals surface area (Å²) in [6.45, 7) is 4.13. The standard InChI is InChI=1S/C17H23N5O2/c1-20(2)17(23)22-12-10-21(11-13-22)9-8-15-18-19-16(24-15)14-6-4-3-5-7-14/h3-7H,8-13H2,1-2H3. The lowest BCUT2D eigenvalue weighted by atomic mass is 10.2. The molecule has 0 unspecified atom stereocenters. The van der Waals surface area contributed by atoms with Gasteiger partial charge in [0, 0.05) is 58.8 Å². The second kappa shape index (κ2) is 7.44. The van der Waals surface area contributed by atoms with Gasteiger partial charge in [0.05, 0.1) is 0 Å². The van der Waals surface area contributed by atoms with Gasteiger partial charge in [0.1, 0.15) is 0 Å². The number of carbonyl (C=O) groups excluding carboxylic acids is 1. The Morgan fingerprint density at radius 1 is 1.12 bits per heavy atom. The molecule has 1 aliphatic heterocycles. The molecule has 1 saturated heterocycles. The zero-order chi connectivity index (χ0) is 16.9. The summed E-state index contributed by atoms with van der Waals surface area (Å²) in [7, 11) is 3.57. The number of piperazine rings is 1. The molecule has 0 saturated carbocycles. The molecule has 0 spiro atoms. The largest absolute Gasteiger partial charge is 0.421 e. The zero-order valence-corrected chi connectivity index (χ0v) is 14.2. The highest BCUT2D eigenvalue weighted by Crippen LogP contribution is 2.17. The topological polar surface area (TPSA) is 65.7 Å². The molecule has 128 valence electrons. The fourth-order valence-electron chi connectivity index (χ4n) is 2.75. The third-order valence-corrected chi connectivity index (χ3v) is 4.15. The molecule has 2 amide bonds. The van der Waals surface area contributed by atoms with E-state index in [1.54, 1.807) is 19.0 Å². The smallest absolute Gasteiger partial charge is 0.319 e. The number of hydrogen-bond donors (Lipinski definition) is 0. The summed E-state index contributed by atoms with van der Waals surface area (Å²) in [5.74, 6) is 1.22. The van der Waals surface area contributed by atoms with Gasteiger partial charge in [-0.15, -0.1) is 10.2 Å². The zero-order valence-electron chi connectivity index (χ0n) is 14.2. The molecule has 1 fully saturated rings. The van der Waals surface area contributed by atoms with Crippen LogP contribution in [0, 0.1) is 0 Å². The lowest BCUT2D eigenvalue weighted by molar-refractivity contribution is 0.123. The van der Waals surface area contributed by atoms with Crippen LogP contribution in [0.15, 0.2) is 34.7 Å². The van der Waals surface area contributed by atoms with Gasteiger partial charge in [0.25, 0.3) is 0 Å². The van der Waals surface area contributed by atoms with E-state index < -0.39 is 0 Å². The Bertz CT molecular complexity index is 663. The summed E-state index contributed by atoms with van der Waals surface area (Å²) in [4.78, 5) is 17.8. The number of aromatic nitrogens is 2. The molecule has 2 heterocycles. The van der Waals surface area contributed by atoms with E-state index in [1.807, 2.05) is 35.2 Å². The predicted molar refractivity (Wildman–Crippen MR) is 90.5 cm³/mol. The summed E-state index contributed by atoms with van der Waals surface area (Å²) >= 11 is 0. The van der Waals surface area contributed by atoms with Crippen molar-refractivity contribution in [2.45, 2.75) is 6.42 Å². The van der Waals surface area contributed by atoms with Gasteiger partial charge in [0.15, 0.2) is 0 Å². The Morgan fingerprint density at radius 2 is 1.83 bits per heavy atom. The molecule has 7 nitrogen and oxygen atoms in total. The Hall–Kier alpha value is -2.41. The predicted octanol–water partition coefficient (Wildman–Crippen LogP) is 1.58. The van der Waals surface area contributed by atoms with Crippen LogP contribution in [0.5, 0.6) is 0 Å². The van der Waals surface area contributed by atoms with Crippen LogP contribution >= 0.6 is 0 Å². The maximum atomic E-state index is 11.9. The molecule has 1 aliphatic rings. The second-order valence-electron chi connectivity index (χ2n) is 6.12. The Morgan fingerprint density at radius 3 is 2.50 bits per heavy atom. The normalized spacial score (nSPS) is 15.5. The maximum absolute atomic E-state index is 11.9. The van der Waals surface area contributed by atoms with Crippen molar-refractivity contribution >= 4 is 6.03 Å². The van der Waals surface area contributed by atoms with E-state index in [4.69, 9.17) is 4.42 Å². The Labute approximate surface area is 141 Å². The number of rotatable bonds is 4. The van der Waals surface area contributed by atoms with Gasteiger partial charge in [-0.05, 0) is 12.1 Å². The van der Waals surface area contributed by atoms with E-state index in [9.17, 15) is 4.79 Å². The van der Waals surface area contributed by atoms with Crippen molar-refractivity contribution in [3.63, 3.8) is 0 Å². The van der Waals surface area contributed by atoms with Crippen LogP contribution in [0.4, 0.5) is 4.79 Å². The molecule has 3 rings (SSSR count). The Balaban J connectivity index is 1.48. The average Bonchev–Trinajstić information content (AvgIpc) is 3.09. The fourth-order valence-corrected chi connectivity index (χ4v) is 2.75. The lowest BCUT2D eigenvalue weighted by Crippen LogP contribution is -2.51. The van der Waals surface area contributed by atoms with Crippen LogP contribution in [-0.4, -0.2) is 77.7 Å². The molecule has 24 heavy (non-hydrogen) atoms. The van der Waals surface area contributed by atoms with E-state index in [0.717, 1.165) is 44.7 Å². The van der Waals surface area contributed by atoms with Crippen molar-refractivity contribution in [3.05, 3.63) is 36.2 Å². The highest BCUT2D eigenvalue weighted by Gasteiger charge is 2.22. The first-order valence-electron chi connectivity index (χ1n) is 8.20. The third-order valence-electron chi connectivity index (χ3n) is 4.15. The van der Waals surface area contributed by atoms with E-state index in [2.05, 4.69) is 15.1 Å². The average molecular weight is 329 g/mol. The van der Waals surface area contributed by atoms with Gasteiger partial charge in [-0.25, -0.2) is 4.79 Å². The summed E-state index contributed by atoms with van der Waals surface area (Å²) in [5.41, 5.74) is 0.937. The minimum atomic E-state index is 0.0825. The molecule has 0 aliphatic carbocycles. The molecule has 1 aromatic heterocycles. The molecule has 0 radical (unpaired) electrons. The third kappa shape index (κ3) is 3.91. The van der Waals surface area contributed by atoms with E-state index in [1.165, 1.54) is 0 Å².